The maximum atomic E-state index is 11.6. The highest BCUT2D eigenvalue weighted by molar-refractivity contribution is 6.52. The lowest BCUT2D eigenvalue weighted by Crippen LogP contribution is -2.46. The second-order valence-electron chi connectivity index (χ2n) is 5.05. The highest BCUT2D eigenvalue weighted by atomic mass is 35.5. The number of hydrogen-bond donors (Lipinski definition) is 1. The summed E-state index contributed by atoms with van der Waals surface area (Å²) in [4.78, 5) is 27.6. The molecule has 0 atom stereocenters. The van der Waals surface area contributed by atoms with Crippen LogP contribution in [-0.4, -0.2) is 49.3 Å². The number of carbonyl (C=O) groups excluding carboxylic acids is 2. The molecule has 20 heavy (non-hydrogen) atoms. The Morgan fingerprint density at radius 1 is 1.20 bits per heavy atom. The van der Waals surface area contributed by atoms with Gasteiger partial charge in [0.05, 0.1) is 22.0 Å². The van der Waals surface area contributed by atoms with E-state index in [1.165, 1.54) is 0 Å². The molecule has 0 radical (unpaired) electrons. The number of piperazine rings is 1. The number of carbonyl (C=O) groups is 2. The third-order valence-corrected chi connectivity index (χ3v) is 4.25. The normalized spacial score (nSPS) is 19.2. The first kappa shape index (κ1) is 13.4. The first-order valence-corrected chi connectivity index (χ1v) is 7.14. The number of halogens is 1. The van der Waals surface area contributed by atoms with Crippen LogP contribution >= 0.6 is 11.6 Å². The highest BCUT2D eigenvalue weighted by Gasteiger charge is 2.30. The van der Waals surface area contributed by atoms with Crippen molar-refractivity contribution in [2.24, 2.45) is 0 Å². The van der Waals surface area contributed by atoms with E-state index in [0.717, 1.165) is 38.4 Å². The second kappa shape index (κ2) is 5.07. The highest BCUT2D eigenvalue weighted by Crippen LogP contribution is 2.35. The average Bonchev–Trinajstić information content (AvgIpc) is 2.74. The lowest BCUT2D eigenvalue weighted by Gasteiger charge is -2.36. The van der Waals surface area contributed by atoms with E-state index >= 15 is 0 Å². The van der Waals surface area contributed by atoms with Gasteiger partial charge in [-0.05, 0) is 18.7 Å². The zero-order valence-electron chi connectivity index (χ0n) is 11.3. The number of fused-ring (bicyclic) bond motifs is 1. The van der Waals surface area contributed by atoms with Crippen molar-refractivity contribution in [2.45, 2.75) is 6.92 Å². The van der Waals surface area contributed by atoms with Crippen LogP contribution in [0.25, 0.3) is 0 Å². The van der Waals surface area contributed by atoms with Crippen LogP contribution in [0.2, 0.25) is 5.02 Å². The number of nitrogens with zero attached hydrogens (tertiary/aromatic N) is 2. The van der Waals surface area contributed by atoms with Gasteiger partial charge in [-0.2, -0.15) is 0 Å². The van der Waals surface area contributed by atoms with Crippen molar-refractivity contribution in [3.8, 4) is 0 Å². The number of rotatable bonds is 2. The molecule has 1 aromatic rings. The quantitative estimate of drug-likeness (QED) is 0.842. The summed E-state index contributed by atoms with van der Waals surface area (Å²) in [5.41, 5.74) is 1.82. The minimum absolute atomic E-state index is 0.371. The monoisotopic (exact) mass is 293 g/mol. The molecule has 1 fully saturated rings. The first-order chi connectivity index (χ1) is 9.60. The molecule has 106 valence electrons. The number of anilines is 2. The average molecular weight is 294 g/mol. The Bertz CT molecular complexity index is 580. The number of benzene rings is 1. The van der Waals surface area contributed by atoms with E-state index in [0.29, 0.717) is 16.3 Å². The molecule has 5 nitrogen and oxygen atoms in total. The first-order valence-electron chi connectivity index (χ1n) is 6.76. The van der Waals surface area contributed by atoms with Crippen molar-refractivity contribution in [1.82, 2.24) is 4.90 Å². The number of amides is 1. The maximum absolute atomic E-state index is 11.6. The van der Waals surface area contributed by atoms with Crippen molar-refractivity contribution < 1.29 is 9.59 Å². The SMILES string of the molecule is CCN1CCN(c2cc3c(cc2Cl)C(=O)C(=O)N3)CC1. The molecule has 2 heterocycles. The molecule has 3 rings (SSSR count). The lowest BCUT2D eigenvalue weighted by atomic mass is 10.1. The van der Waals surface area contributed by atoms with Crippen molar-refractivity contribution >= 4 is 34.7 Å². The smallest absolute Gasteiger partial charge is 0.296 e. The van der Waals surface area contributed by atoms with Crippen LogP contribution in [0.5, 0.6) is 0 Å². The van der Waals surface area contributed by atoms with E-state index in [1.54, 1.807) is 6.07 Å². The van der Waals surface area contributed by atoms with Crippen LogP contribution in [0.15, 0.2) is 12.1 Å². The molecule has 1 N–H and O–H groups in total. The van der Waals surface area contributed by atoms with Crippen LogP contribution in [0.3, 0.4) is 0 Å². The molecule has 0 unspecified atom stereocenters. The predicted octanol–water partition coefficient (Wildman–Crippen LogP) is 1.62. The summed E-state index contributed by atoms with van der Waals surface area (Å²) < 4.78 is 0. The van der Waals surface area contributed by atoms with Crippen molar-refractivity contribution in [3.05, 3.63) is 22.7 Å². The van der Waals surface area contributed by atoms with E-state index in [4.69, 9.17) is 11.6 Å². The standard InChI is InChI=1S/C14H16ClN3O2/c1-2-17-3-5-18(6-4-17)12-8-11-9(7-10(12)15)13(19)14(20)16-11/h7-8H,2-6H2,1H3,(H,16,19,20). The number of Topliss-reactive ketones (excluding diaryl/α,β-unsaturated/α-hetero) is 1. The minimum atomic E-state index is -0.580. The zero-order chi connectivity index (χ0) is 14.3. The van der Waals surface area contributed by atoms with E-state index in [1.807, 2.05) is 6.07 Å². The maximum Gasteiger partial charge on any atom is 0.296 e. The van der Waals surface area contributed by atoms with Crippen molar-refractivity contribution in [1.29, 1.82) is 0 Å². The van der Waals surface area contributed by atoms with Gasteiger partial charge in [0.25, 0.3) is 11.7 Å². The second-order valence-corrected chi connectivity index (χ2v) is 5.46. The number of hydrogen-bond acceptors (Lipinski definition) is 4. The molecule has 0 aromatic heterocycles. The summed E-state index contributed by atoms with van der Waals surface area (Å²) in [6.45, 7) is 6.99. The fraction of sp³-hybridized carbons (Fsp3) is 0.429. The predicted molar refractivity (Wildman–Crippen MR) is 78.7 cm³/mol. The van der Waals surface area contributed by atoms with Crippen LogP contribution < -0.4 is 10.2 Å². The van der Waals surface area contributed by atoms with E-state index in [9.17, 15) is 9.59 Å². The van der Waals surface area contributed by atoms with Gasteiger partial charge in [0.2, 0.25) is 0 Å². The molecule has 2 aliphatic rings. The van der Waals surface area contributed by atoms with Gasteiger partial charge in [0.15, 0.2) is 0 Å². The molecule has 1 amide bonds. The van der Waals surface area contributed by atoms with Crippen molar-refractivity contribution in [3.63, 3.8) is 0 Å². The Morgan fingerprint density at radius 2 is 1.90 bits per heavy atom. The lowest BCUT2D eigenvalue weighted by molar-refractivity contribution is -0.112. The summed E-state index contributed by atoms with van der Waals surface area (Å²) in [5.74, 6) is -1.09. The fourth-order valence-corrected chi connectivity index (χ4v) is 2.99. The topological polar surface area (TPSA) is 52.7 Å². The number of likely N-dealkylation sites (N-methyl/N-ethyl adjacent to an activating group) is 1. The van der Waals surface area contributed by atoms with Gasteiger partial charge in [0.1, 0.15) is 0 Å². The summed E-state index contributed by atoms with van der Waals surface area (Å²) in [7, 11) is 0. The summed E-state index contributed by atoms with van der Waals surface area (Å²) in [5, 5.41) is 3.12. The summed E-state index contributed by atoms with van der Waals surface area (Å²) >= 11 is 6.28. The molecule has 0 aliphatic carbocycles. The Hall–Kier alpha value is -1.59. The van der Waals surface area contributed by atoms with Crippen LogP contribution in [-0.2, 0) is 4.79 Å². The fourth-order valence-electron chi connectivity index (χ4n) is 2.70. The molecule has 6 heteroatoms. The van der Waals surface area contributed by atoms with E-state index < -0.39 is 11.7 Å². The van der Waals surface area contributed by atoms with Gasteiger partial charge in [0, 0.05) is 26.2 Å². The largest absolute Gasteiger partial charge is 0.368 e. The van der Waals surface area contributed by atoms with Gasteiger partial charge in [-0.15, -0.1) is 0 Å². The van der Waals surface area contributed by atoms with Gasteiger partial charge >= 0.3 is 0 Å². The molecule has 1 aromatic carbocycles. The molecule has 0 bridgehead atoms. The zero-order valence-corrected chi connectivity index (χ0v) is 12.0. The third kappa shape index (κ3) is 2.17. The Balaban J connectivity index is 1.87. The minimum Gasteiger partial charge on any atom is -0.368 e. The molecule has 1 saturated heterocycles. The number of nitrogens with one attached hydrogen (secondary N) is 1. The van der Waals surface area contributed by atoms with Crippen LogP contribution in [0.1, 0.15) is 17.3 Å². The molecule has 0 spiro atoms. The Kier molecular flexibility index (Phi) is 3.40. The Morgan fingerprint density at radius 3 is 2.55 bits per heavy atom. The summed E-state index contributed by atoms with van der Waals surface area (Å²) in [6.07, 6.45) is 0. The molecule has 0 saturated carbocycles. The van der Waals surface area contributed by atoms with E-state index in [-0.39, 0.29) is 0 Å². The van der Waals surface area contributed by atoms with Crippen molar-refractivity contribution in [2.75, 3.05) is 42.9 Å². The third-order valence-electron chi connectivity index (χ3n) is 3.95. The van der Waals surface area contributed by atoms with E-state index in [2.05, 4.69) is 22.0 Å². The van der Waals surface area contributed by atoms with Gasteiger partial charge in [-0.1, -0.05) is 18.5 Å². The molecule has 2 aliphatic heterocycles. The molecular formula is C14H16ClN3O2. The van der Waals surface area contributed by atoms with Crippen LogP contribution in [0, 0.1) is 0 Å². The molecular weight excluding hydrogens is 278 g/mol. The Labute approximate surface area is 122 Å². The number of ketones is 1. The van der Waals surface area contributed by atoms with Gasteiger partial charge < -0.3 is 15.1 Å². The van der Waals surface area contributed by atoms with Gasteiger partial charge in [-0.3, -0.25) is 9.59 Å². The summed E-state index contributed by atoms with van der Waals surface area (Å²) in [6, 6.07) is 3.40. The van der Waals surface area contributed by atoms with Crippen LogP contribution in [0.4, 0.5) is 11.4 Å². The van der Waals surface area contributed by atoms with Gasteiger partial charge in [-0.25, -0.2) is 0 Å².